The molecule has 1 amide bonds. The van der Waals surface area contributed by atoms with Crippen LogP contribution in [0.5, 0.6) is 0 Å². The minimum absolute atomic E-state index is 0.0824. The molecular formula is C15H20N2O3. The molecule has 0 saturated carbocycles. The van der Waals surface area contributed by atoms with Gasteiger partial charge < -0.3 is 19.8 Å². The Labute approximate surface area is 118 Å². The molecule has 0 unspecified atom stereocenters. The van der Waals surface area contributed by atoms with Gasteiger partial charge in [-0.25, -0.2) is 0 Å². The molecule has 0 fully saturated rings. The Morgan fingerprint density at radius 2 is 2.20 bits per heavy atom. The summed E-state index contributed by atoms with van der Waals surface area (Å²) in [5, 5.41) is 4.03. The number of nitrogens with one attached hydrogen (secondary N) is 2. The molecule has 0 aliphatic carbocycles. The highest BCUT2D eigenvalue weighted by Gasteiger charge is 2.02. The van der Waals surface area contributed by atoms with Gasteiger partial charge in [-0.1, -0.05) is 12.1 Å². The van der Waals surface area contributed by atoms with Gasteiger partial charge in [-0.05, 0) is 29.5 Å². The summed E-state index contributed by atoms with van der Waals surface area (Å²) in [6.07, 6.45) is 2.73. The molecule has 0 spiro atoms. The number of methoxy groups -OCH3 is 1. The first kappa shape index (κ1) is 14.6. The van der Waals surface area contributed by atoms with Crippen molar-refractivity contribution in [1.82, 2.24) is 10.3 Å². The molecule has 0 radical (unpaired) electrons. The van der Waals surface area contributed by atoms with E-state index >= 15 is 0 Å². The van der Waals surface area contributed by atoms with Gasteiger partial charge in [0.2, 0.25) is 5.91 Å². The van der Waals surface area contributed by atoms with Crippen LogP contribution in [0, 0.1) is 0 Å². The third-order valence-corrected chi connectivity index (χ3v) is 3.02. The number of aromatic nitrogens is 1. The van der Waals surface area contributed by atoms with Crippen molar-refractivity contribution in [1.29, 1.82) is 0 Å². The van der Waals surface area contributed by atoms with Gasteiger partial charge in [-0.3, -0.25) is 4.79 Å². The molecule has 1 aromatic carbocycles. The number of benzene rings is 1. The zero-order valence-electron chi connectivity index (χ0n) is 11.6. The van der Waals surface area contributed by atoms with Crippen LogP contribution < -0.4 is 5.32 Å². The minimum atomic E-state index is -0.0953. The Morgan fingerprint density at radius 3 is 3.05 bits per heavy atom. The molecule has 2 aromatic rings. The van der Waals surface area contributed by atoms with Gasteiger partial charge in [0.25, 0.3) is 0 Å². The molecule has 108 valence electrons. The van der Waals surface area contributed by atoms with E-state index in [1.54, 1.807) is 7.11 Å². The third-order valence-electron chi connectivity index (χ3n) is 3.02. The normalized spacial score (nSPS) is 10.8. The molecule has 2 N–H and O–H groups in total. The number of carbonyl (C=O) groups is 1. The smallest absolute Gasteiger partial charge is 0.246 e. The average Bonchev–Trinajstić information content (AvgIpc) is 2.91. The van der Waals surface area contributed by atoms with Crippen LogP contribution in [0.25, 0.3) is 10.9 Å². The lowest BCUT2D eigenvalue weighted by atomic mass is 10.1. The van der Waals surface area contributed by atoms with Gasteiger partial charge in [-0.2, -0.15) is 0 Å². The van der Waals surface area contributed by atoms with E-state index in [1.165, 1.54) is 10.9 Å². The second-order valence-electron chi connectivity index (χ2n) is 4.54. The number of rotatable bonds is 8. The molecule has 5 heteroatoms. The van der Waals surface area contributed by atoms with Crippen LogP contribution >= 0.6 is 0 Å². The van der Waals surface area contributed by atoms with Crippen molar-refractivity contribution in [3.63, 3.8) is 0 Å². The number of amides is 1. The van der Waals surface area contributed by atoms with E-state index in [0.717, 1.165) is 11.9 Å². The fourth-order valence-electron chi connectivity index (χ4n) is 1.95. The van der Waals surface area contributed by atoms with Crippen LogP contribution in [-0.4, -0.2) is 44.4 Å². The van der Waals surface area contributed by atoms with Crippen LogP contribution in [0.4, 0.5) is 0 Å². The lowest BCUT2D eigenvalue weighted by Crippen LogP contribution is -2.29. The Kier molecular flexibility index (Phi) is 5.58. The molecule has 0 aliphatic heterocycles. The van der Waals surface area contributed by atoms with Crippen molar-refractivity contribution in [2.24, 2.45) is 0 Å². The van der Waals surface area contributed by atoms with E-state index in [-0.39, 0.29) is 12.5 Å². The van der Waals surface area contributed by atoms with Gasteiger partial charge in [0.05, 0.1) is 13.2 Å². The largest absolute Gasteiger partial charge is 0.382 e. The fourth-order valence-corrected chi connectivity index (χ4v) is 1.95. The van der Waals surface area contributed by atoms with Gasteiger partial charge in [0.15, 0.2) is 0 Å². The van der Waals surface area contributed by atoms with E-state index in [1.807, 2.05) is 12.3 Å². The molecule has 0 bridgehead atoms. The summed E-state index contributed by atoms with van der Waals surface area (Å²) in [6, 6.07) is 8.31. The first-order chi connectivity index (χ1) is 9.79. The number of hydrogen-bond donors (Lipinski definition) is 2. The number of aromatic amines is 1. The summed E-state index contributed by atoms with van der Waals surface area (Å²) in [5.41, 5.74) is 2.32. The zero-order chi connectivity index (χ0) is 14.2. The summed E-state index contributed by atoms with van der Waals surface area (Å²) < 4.78 is 9.98. The molecule has 2 rings (SSSR count). The Hall–Kier alpha value is -1.85. The molecule has 1 aromatic heterocycles. The number of fused-ring (bicyclic) bond motifs is 1. The quantitative estimate of drug-likeness (QED) is 0.718. The maximum Gasteiger partial charge on any atom is 0.246 e. The number of hydrogen-bond acceptors (Lipinski definition) is 3. The number of ether oxygens (including phenoxy) is 2. The van der Waals surface area contributed by atoms with Gasteiger partial charge in [-0.15, -0.1) is 0 Å². The maximum absolute atomic E-state index is 11.5. The fraction of sp³-hybridized carbons (Fsp3) is 0.400. The molecule has 1 heterocycles. The van der Waals surface area contributed by atoms with E-state index < -0.39 is 0 Å². The van der Waals surface area contributed by atoms with Crippen molar-refractivity contribution < 1.29 is 14.3 Å². The number of carbonyl (C=O) groups excluding carboxylic acids is 1. The second-order valence-corrected chi connectivity index (χ2v) is 4.54. The van der Waals surface area contributed by atoms with E-state index in [9.17, 15) is 4.79 Å². The van der Waals surface area contributed by atoms with Crippen molar-refractivity contribution in [3.8, 4) is 0 Å². The SMILES string of the molecule is COCCOCC(=O)NCCc1ccc2cc[nH]c2c1. The topological polar surface area (TPSA) is 63.4 Å². The van der Waals surface area contributed by atoms with Gasteiger partial charge in [0.1, 0.15) is 6.61 Å². The molecule has 0 aliphatic rings. The first-order valence-corrected chi connectivity index (χ1v) is 6.69. The second kappa shape index (κ2) is 7.67. The van der Waals surface area contributed by atoms with Crippen molar-refractivity contribution >= 4 is 16.8 Å². The summed E-state index contributed by atoms with van der Waals surface area (Å²) in [6.45, 7) is 1.63. The lowest BCUT2D eigenvalue weighted by molar-refractivity contribution is -0.126. The van der Waals surface area contributed by atoms with E-state index in [0.29, 0.717) is 19.8 Å². The van der Waals surface area contributed by atoms with Crippen LogP contribution in [0.1, 0.15) is 5.56 Å². The zero-order valence-corrected chi connectivity index (χ0v) is 11.6. The third kappa shape index (κ3) is 4.36. The molecular weight excluding hydrogens is 256 g/mol. The van der Waals surface area contributed by atoms with Crippen LogP contribution in [0.2, 0.25) is 0 Å². The Morgan fingerprint density at radius 1 is 1.30 bits per heavy atom. The highest BCUT2D eigenvalue weighted by Crippen LogP contribution is 2.14. The molecule has 20 heavy (non-hydrogen) atoms. The summed E-state index contributed by atoms with van der Waals surface area (Å²) >= 11 is 0. The Bertz CT molecular complexity index is 551. The predicted octanol–water partition coefficient (Wildman–Crippen LogP) is 1.49. The van der Waals surface area contributed by atoms with Gasteiger partial charge >= 0.3 is 0 Å². The minimum Gasteiger partial charge on any atom is -0.382 e. The number of H-pyrrole nitrogens is 1. The van der Waals surface area contributed by atoms with E-state index in [4.69, 9.17) is 9.47 Å². The highest BCUT2D eigenvalue weighted by atomic mass is 16.5. The van der Waals surface area contributed by atoms with E-state index in [2.05, 4.69) is 28.5 Å². The molecule has 0 saturated heterocycles. The standard InChI is InChI=1S/C15H20N2O3/c1-19-8-9-20-11-15(18)17-6-4-12-2-3-13-5-7-16-14(13)10-12/h2-3,5,7,10,16H,4,6,8-9,11H2,1H3,(H,17,18). The maximum atomic E-state index is 11.5. The van der Waals surface area contributed by atoms with Gasteiger partial charge in [0, 0.05) is 25.4 Å². The van der Waals surface area contributed by atoms with Crippen LogP contribution in [0.3, 0.4) is 0 Å². The Balaban J connectivity index is 1.68. The van der Waals surface area contributed by atoms with Crippen molar-refractivity contribution in [3.05, 3.63) is 36.0 Å². The lowest BCUT2D eigenvalue weighted by Gasteiger charge is -2.06. The van der Waals surface area contributed by atoms with Crippen LogP contribution in [-0.2, 0) is 20.7 Å². The predicted molar refractivity (Wildman–Crippen MR) is 77.7 cm³/mol. The van der Waals surface area contributed by atoms with Crippen molar-refractivity contribution in [2.45, 2.75) is 6.42 Å². The van der Waals surface area contributed by atoms with Crippen LogP contribution in [0.15, 0.2) is 30.5 Å². The monoisotopic (exact) mass is 276 g/mol. The highest BCUT2D eigenvalue weighted by molar-refractivity contribution is 5.80. The molecule has 5 nitrogen and oxygen atoms in total. The summed E-state index contributed by atoms with van der Waals surface area (Å²) in [7, 11) is 1.60. The first-order valence-electron chi connectivity index (χ1n) is 6.69. The molecule has 0 atom stereocenters. The summed E-state index contributed by atoms with van der Waals surface area (Å²) in [5.74, 6) is -0.0953. The summed E-state index contributed by atoms with van der Waals surface area (Å²) in [4.78, 5) is 14.7. The van der Waals surface area contributed by atoms with Crippen molar-refractivity contribution in [2.75, 3.05) is 33.5 Å². The average molecular weight is 276 g/mol.